The zero-order chi connectivity index (χ0) is 15.0. The van der Waals surface area contributed by atoms with Crippen molar-refractivity contribution in [2.24, 2.45) is 10.9 Å². The van der Waals surface area contributed by atoms with Gasteiger partial charge in [0.15, 0.2) is 5.84 Å². The summed E-state index contributed by atoms with van der Waals surface area (Å²) in [6.45, 7) is 5.54. The fourth-order valence-electron chi connectivity index (χ4n) is 2.99. The molecule has 20 heavy (non-hydrogen) atoms. The van der Waals surface area contributed by atoms with Crippen LogP contribution in [0, 0.1) is 0 Å². The molecule has 6 nitrogen and oxygen atoms in total. The minimum absolute atomic E-state index is 0.132. The van der Waals surface area contributed by atoms with E-state index in [2.05, 4.69) is 5.16 Å². The van der Waals surface area contributed by atoms with Gasteiger partial charge in [0.2, 0.25) is 0 Å². The molecule has 0 saturated heterocycles. The summed E-state index contributed by atoms with van der Waals surface area (Å²) in [6, 6.07) is 0.156. The number of hydrogen-bond donors (Lipinski definition) is 2. The second kappa shape index (κ2) is 5.14. The van der Waals surface area contributed by atoms with Gasteiger partial charge in [0.1, 0.15) is 11.1 Å². The van der Waals surface area contributed by atoms with E-state index in [0.717, 1.165) is 38.5 Å². The van der Waals surface area contributed by atoms with E-state index in [1.807, 2.05) is 20.8 Å². The van der Waals surface area contributed by atoms with Gasteiger partial charge in [-0.1, -0.05) is 18.0 Å². The van der Waals surface area contributed by atoms with Crippen molar-refractivity contribution in [3.05, 3.63) is 0 Å². The Morgan fingerprint density at radius 1 is 1.35 bits per heavy atom. The maximum absolute atomic E-state index is 12.6. The molecule has 114 valence electrons. The van der Waals surface area contributed by atoms with Gasteiger partial charge in [-0.25, -0.2) is 4.79 Å². The number of amidine groups is 1. The minimum atomic E-state index is -0.668. The van der Waals surface area contributed by atoms with Gasteiger partial charge >= 0.3 is 6.09 Å². The summed E-state index contributed by atoms with van der Waals surface area (Å²) in [5.74, 6) is 0.132. The molecule has 0 aromatic rings. The summed E-state index contributed by atoms with van der Waals surface area (Å²) < 4.78 is 5.53. The van der Waals surface area contributed by atoms with E-state index in [0.29, 0.717) is 0 Å². The van der Waals surface area contributed by atoms with Crippen LogP contribution in [0.25, 0.3) is 0 Å². The van der Waals surface area contributed by atoms with Crippen molar-refractivity contribution in [2.45, 2.75) is 76.5 Å². The van der Waals surface area contributed by atoms with Crippen LogP contribution in [0.15, 0.2) is 5.16 Å². The third-order valence-corrected chi connectivity index (χ3v) is 3.98. The fraction of sp³-hybridized carbons (Fsp3) is 0.857. The number of hydrogen-bond acceptors (Lipinski definition) is 4. The van der Waals surface area contributed by atoms with Crippen molar-refractivity contribution in [2.75, 3.05) is 0 Å². The first kappa shape index (κ1) is 14.9. The SMILES string of the molecule is CC(C)(C)OC(=O)N(C1CC1)C1(C(N)=NO)CCCC1. The quantitative estimate of drug-likeness (QED) is 0.360. The van der Waals surface area contributed by atoms with Gasteiger partial charge in [0.25, 0.3) is 0 Å². The third-order valence-electron chi connectivity index (χ3n) is 3.98. The molecule has 0 spiro atoms. The lowest BCUT2D eigenvalue weighted by atomic mass is 9.93. The first-order chi connectivity index (χ1) is 9.30. The third kappa shape index (κ3) is 2.83. The molecule has 0 aromatic carbocycles. The number of carbonyl (C=O) groups is 1. The highest BCUT2D eigenvalue weighted by atomic mass is 16.6. The zero-order valence-corrected chi connectivity index (χ0v) is 12.6. The fourth-order valence-corrected chi connectivity index (χ4v) is 2.99. The van der Waals surface area contributed by atoms with Gasteiger partial charge < -0.3 is 15.7 Å². The van der Waals surface area contributed by atoms with Gasteiger partial charge in [-0.3, -0.25) is 4.90 Å². The molecule has 0 bridgehead atoms. The number of nitrogens with zero attached hydrogens (tertiary/aromatic N) is 2. The minimum Gasteiger partial charge on any atom is -0.444 e. The lowest BCUT2D eigenvalue weighted by Gasteiger charge is -2.41. The van der Waals surface area contributed by atoms with E-state index in [1.165, 1.54) is 0 Å². The first-order valence-corrected chi connectivity index (χ1v) is 7.30. The van der Waals surface area contributed by atoms with Gasteiger partial charge in [-0.2, -0.15) is 0 Å². The predicted molar refractivity (Wildman–Crippen MR) is 75.7 cm³/mol. The summed E-state index contributed by atoms with van der Waals surface area (Å²) in [7, 11) is 0. The van der Waals surface area contributed by atoms with Crippen LogP contribution in [0.2, 0.25) is 0 Å². The topological polar surface area (TPSA) is 88.2 Å². The highest BCUT2D eigenvalue weighted by molar-refractivity contribution is 5.93. The molecule has 1 amide bonds. The second-order valence-corrected chi connectivity index (χ2v) is 6.81. The van der Waals surface area contributed by atoms with Crippen LogP contribution >= 0.6 is 0 Å². The predicted octanol–water partition coefficient (Wildman–Crippen LogP) is 2.45. The Kier molecular flexibility index (Phi) is 3.84. The molecule has 3 N–H and O–H groups in total. The average Bonchev–Trinajstić information content (AvgIpc) is 3.03. The Morgan fingerprint density at radius 3 is 2.30 bits per heavy atom. The van der Waals surface area contributed by atoms with Crippen molar-refractivity contribution in [3.63, 3.8) is 0 Å². The van der Waals surface area contributed by atoms with Crippen molar-refractivity contribution in [1.29, 1.82) is 0 Å². The largest absolute Gasteiger partial charge is 0.444 e. The standard InChI is InChI=1S/C14H25N3O3/c1-13(2,3)20-12(18)17(10-6-7-10)14(11(15)16-19)8-4-5-9-14/h10,19H,4-9H2,1-3H3,(H2,15,16). The molecule has 2 aliphatic rings. The summed E-state index contributed by atoms with van der Waals surface area (Å²) in [6.07, 6.45) is 4.98. The molecule has 6 heteroatoms. The van der Waals surface area contributed by atoms with E-state index < -0.39 is 11.1 Å². The first-order valence-electron chi connectivity index (χ1n) is 7.30. The maximum atomic E-state index is 12.6. The molecular weight excluding hydrogens is 258 g/mol. The Hall–Kier alpha value is -1.46. The molecule has 0 aliphatic heterocycles. The van der Waals surface area contributed by atoms with E-state index >= 15 is 0 Å². The van der Waals surface area contributed by atoms with Gasteiger partial charge in [-0.05, 0) is 46.5 Å². The molecule has 0 radical (unpaired) electrons. The molecule has 0 unspecified atom stereocenters. The molecule has 2 fully saturated rings. The van der Waals surface area contributed by atoms with Gasteiger partial charge in [0.05, 0.1) is 0 Å². The van der Waals surface area contributed by atoms with Crippen molar-refractivity contribution in [3.8, 4) is 0 Å². The van der Waals surface area contributed by atoms with Crippen LogP contribution in [0.1, 0.15) is 59.3 Å². The number of ether oxygens (including phenoxy) is 1. The van der Waals surface area contributed by atoms with Crippen molar-refractivity contribution < 1.29 is 14.7 Å². The summed E-state index contributed by atoms with van der Waals surface area (Å²) in [5.41, 5.74) is 4.72. The van der Waals surface area contributed by atoms with E-state index in [4.69, 9.17) is 15.7 Å². The summed E-state index contributed by atoms with van der Waals surface area (Å²) in [5, 5.41) is 12.3. The smallest absolute Gasteiger partial charge is 0.411 e. The van der Waals surface area contributed by atoms with Crippen LogP contribution in [0.4, 0.5) is 4.79 Å². The highest BCUT2D eigenvalue weighted by Crippen LogP contribution is 2.43. The van der Waals surface area contributed by atoms with Crippen LogP contribution in [0.5, 0.6) is 0 Å². The molecule has 0 heterocycles. The monoisotopic (exact) mass is 283 g/mol. The molecular formula is C14H25N3O3. The highest BCUT2D eigenvalue weighted by Gasteiger charge is 2.52. The summed E-state index contributed by atoms with van der Waals surface area (Å²) in [4.78, 5) is 14.3. The molecule has 2 aliphatic carbocycles. The maximum Gasteiger partial charge on any atom is 0.411 e. The van der Waals surface area contributed by atoms with Gasteiger partial charge in [0, 0.05) is 6.04 Å². The number of carbonyl (C=O) groups excluding carboxylic acids is 1. The molecule has 0 atom stereocenters. The number of amides is 1. The van der Waals surface area contributed by atoms with Crippen molar-refractivity contribution in [1.82, 2.24) is 4.90 Å². The van der Waals surface area contributed by atoms with Crippen LogP contribution in [0.3, 0.4) is 0 Å². The van der Waals surface area contributed by atoms with E-state index in [9.17, 15) is 4.79 Å². The zero-order valence-electron chi connectivity index (χ0n) is 12.6. The molecule has 2 rings (SSSR count). The number of rotatable bonds is 3. The number of oxime groups is 1. The Morgan fingerprint density at radius 2 is 1.90 bits per heavy atom. The van der Waals surface area contributed by atoms with Crippen LogP contribution in [-0.4, -0.2) is 39.2 Å². The lowest BCUT2D eigenvalue weighted by molar-refractivity contribution is 0.00615. The van der Waals surface area contributed by atoms with Crippen LogP contribution in [-0.2, 0) is 4.74 Å². The Balaban J connectivity index is 2.29. The second-order valence-electron chi connectivity index (χ2n) is 6.81. The Bertz CT molecular complexity index is 404. The molecule has 2 saturated carbocycles. The van der Waals surface area contributed by atoms with Crippen LogP contribution < -0.4 is 5.73 Å². The lowest BCUT2D eigenvalue weighted by Crippen LogP contribution is -2.59. The van der Waals surface area contributed by atoms with Crippen molar-refractivity contribution >= 4 is 11.9 Å². The van der Waals surface area contributed by atoms with Gasteiger partial charge in [-0.15, -0.1) is 0 Å². The Labute approximate surface area is 119 Å². The normalized spacial score (nSPS) is 22.6. The molecule has 0 aromatic heterocycles. The average molecular weight is 283 g/mol. The summed E-state index contributed by atoms with van der Waals surface area (Å²) >= 11 is 0. The van der Waals surface area contributed by atoms with E-state index in [1.54, 1.807) is 4.90 Å². The van der Waals surface area contributed by atoms with E-state index in [-0.39, 0.29) is 18.0 Å². The number of nitrogens with two attached hydrogens (primary N) is 1.